The Balaban J connectivity index is 2.05. The van der Waals surface area contributed by atoms with Crippen LogP contribution < -0.4 is 5.32 Å². The molecule has 0 atom stereocenters. The van der Waals surface area contributed by atoms with Gasteiger partial charge in [-0.15, -0.1) is 0 Å². The smallest absolute Gasteiger partial charge is 0.221 e. The van der Waals surface area contributed by atoms with Crippen molar-refractivity contribution < 1.29 is 4.79 Å². The molecule has 1 fully saturated rings. The minimum absolute atomic E-state index is 0.0149. The molecule has 0 spiro atoms. The third kappa shape index (κ3) is 3.58. The van der Waals surface area contributed by atoms with Gasteiger partial charge in [0.25, 0.3) is 0 Å². The summed E-state index contributed by atoms with van der Waals surface area (Å²) in [5, 5.41) is 2.92. The van der Waals surface area contributed by atoms with E-state index >= 15 is 0 Å². The van der Waals surface area contributed by atoms with E-state index in [-0.39, 0.29) is 5.91 Å². The van der Waals surface area contributed by atoms with Gasteiger partial charge in [0.05, 0.1) is 0 Å². The van der Waals surface area contributed by atoms with Gasteiger partial charge in [0.1, 0.15) is 0 Å². The molecule has 2 nitrogen and oxygen atoms in total. The SMILES string of the molecule is CC(=O)Nc1ccccc1CC1CCCCC1. The highest BCUT2D eigenvalue weighted by Gasteiger charge is 2.15. The zero-order valence-corrected chi connectivity index (χ0v) is 10.5. The fourth-order valence-corrected chi connectivity index (χ4v) is 2.71. The lowest BCUT2D eigenvalue weighted by molar-refractivity contribution is -0.114. The lowest BCUT2D eigenvalue weighted by Gasteiger charge is -2.22. The summed E-state index contributed by atoms with van der Waals surface area (Å²) in [5.41, 5.74) is 2.28. The van der Waals surface area contributed by atoms with Gasteiger partial charge in [-0.1, -0.05) is 50.3 Å². The van der Waals surface area contributed by atoms with E-state index in [1.165, 1.54) is 37.7 Å². The molecule has 1 aliphatic rings. The molecule has 1 aromatic rings. The molecule has 92 valence electrons. The van der Waals surface area contributed by atoms with Crippen molar-refractivity contribution in [1.82, 2.24) is 0 Å². The lowest BCUT2D eigenvalue weighted by Crippen LogP contribution is -2.13. The van der Waals surface area contributed by atoms with Gasteiger partial charge >= 0.3 is 0 Å². The first-order valence-corrected chi connectivity index (χ1v) is 6.61. The average molecular weight is 231 g/mol. The van der Waals surface area contributed by atoms with E-state index in [4.69, 9.17) is 0 Å². The van der Waals surface area contributed by atoms with Gasteiger partial charge < -0.3 is 5.32 Å². The maximum atomic E-state index is 11.1. The molecule has 0 bridgehead atoms. The van der Waals surface area contributed by atoms with E-state index in [2.05, 4.69) is 17.4 Å². The summed E-state index contributed by atoms with van der Waals surface area (Å²) < 4.78 is 0. The number of anilines is 1. The zero-order chi connectivity index (χ0) is 12.1. The quantitative estimate of drug-likeness (QED) is 0.843. The lowest BCUT2D eigenvalue weighted by atomic mass is 9.84. The molecule has 2 heteroatoms. The van der Waals surface area contributed by atoms with Gasteiger partial charge in [-0.25, -0.2) is 0 Å². The fraction of sp³-hybridized carbons (Fsp3) is 0.533. The second-order valence-electron chi connectivity index (χ2n) is 5.05. The van der Waals surface area contributed by atoms with E-state index in [1.54, 1.807) is 6.92 Å². The minimum Gasteiger partial charge on any atom is -0.326 e. The van der Waals surface area contributed by atoms with Crippen LogP contribution in [0.5, 0.6) is 0 Å². The molecule has 0 saturated heterocycles. The number of hydrogen-bond acceptors (Lipinski definition) is 1. The van der Waals surface area contributed by atoms with Gasteiger partial charge in [0.15, 0.2) is 0 Å². The molecule has 0 aromatic heterocycles. The maximum absolute atomic E-state index is 11.1. The summed E-state index contributed by atoms with van der Waals surface area (Å²) in [6.45, 7) is 1.57. The number of para-hydroxylation sites is 1. The third-order valence-electron chi connectivity index (χ3n) is 3.56. The molecule has 1 amide bonds. The summed E-state index contributed by atoms with van der Waals surface area (Å²) in [6.07, 6.45) is 7.92. The van der Waals surface area contributed by atoms with Crippen LogP contribution in [-0.4, -0.2) is 5.91 Å². The zero-order valence-electron chi connectivity index (χ0n) is 10.5. The van der Waals surface area contributed by atoms with Crippen LogP contribution in [0.15, 0.2) is 24.3 Å². The van der Waals surface area contributed by atoms with E-state index < -0.39 is 0 Å². The number of carbonyl (C=O) groups excluding carboxylic acids is 1. The Morgan fingerprint density at radius 1 is 1.24 bits per heavy atom. The van der Waals surface area contributed by atoms with Crippen molar-refractivity contribution in [1.29, 1.82) is 0 Å². The van der Waals surface area contributed by atoms with Crippen LogP contribution in [0.2, 0.25) is 0 Å². The number of hydrogen-bond donors (Lipinski definition) is 1. The third-order valence-corrected chi connectivity index (χ3v) is 3.56. The van der Waals surface area contributed by atoms with Gasteiger partial charge in [0, 0.05) is 12.6 Å². The molecule has 1 N–H and O–H groups in total. The van der Waals surface area contributed by atoms with Crippen LogP contribution in [0.4, 0.5) is 5.69 Å². The maximum Gasteiger partial charge on any atom is 0.221 e. The molecule has 2 rings (SSSR count). The summed E-state index contributed by atoms with van der Waals surface area (Å²) in [6, 6.07) is 8.18. The van der Waals surface area contributed by atoms with E-state index in [0.717, 1.165) is 18.0 Å². The number of carbonyl (C=O) groups is 1. The normalized spacial score (nSPS) is 16.8. The van der Waals surface area contributed by atoms with Crippen molar-refractivity contribution in [3.63, 3.8) is 0 Å². The van der Waals surface area contributed by atoms with Crippen LogP contribution >= 0.6 is 0 Å². The van der Waals surface area contributed by atoms with Crippen LogP contribution in [0.3, 0.4) is 0 Å². The molecule has 0 radical (unpaired) electrons. The van der Waals surface area contributed by atoms with E-state index in [1.807, 2.05) is 12.1 Å². The van der Waals surface area contributed by atoms with Crippen molar-refractivity contribution in [3.05, 3.63) is 29.8 Å². The Labute approximate surface area is 103 Å². The number of amides is 1. The molecule has 0 unspecified atom stereocenters. The van der Waals surface area contributed by atoms with Gasteiger partial charge in [-0.3, -0.25) is 4.79 Å². The Kier molecular flexibility index (Phi) is 4.18. The molecule has 1 saturated carbocycles. The standard InChI is InChI=1S/C15H21NO/c1-12(17)16-15-10-6-5-9-14(15)11-13-7-3-2-4-8-13/h5-6,9-10,13H,2-4,7-8,11H2,1H3,(H,16,17). The van der Waals surface area contributed by atoms with Crippen molar-refractivity contribution in [2.24, 2.45) is 5.92 Å². The molecule has 17 heavy (non-hydrogen) atoms. The monoisotopic (exact) mass is 231 g/mol. The Morgan fingerprint density at radius 3 is 2.65 bits per heavy atom. The fourth-order valence-electron chi connectivity index (χ4n) is 2.71. The van der Waals surface area contributed by atoms with Gasteiger partial charge in [-0.2, -0.15) is 0 Å². The Hall–Kier alpha value is -1.31. The first kappa shape index (κ1) is 12.2. The van der Waals surface area contributed by atoms with Gasteiger partial charge in [0.2, 0.25) is 5.91 Å². The first-order valence-electron chi connectivity index (χ1n) is 6.61. The van der Waals surface area contributed by atoms with Crippen LogP contribution in [0.1, 0.15) is 44.6 Å². The second kappa shape index (κ2) is 5.85. The summed E-state index contributed by atoms with van der Waals surface area (Å²) in [5.74, 6) is 0.819. The van der Waals surface area contributed by atoms with Gasteiger partial charge in [-0.05, 0) is 24.0 Å². The Morgan fingerprint density at radius 2 is 1.94 bits per heavy atom. The minimum atomic E-state index is 0.0149. The van der Waals surface area contributed by atoms with Crippen molar-refractivity contribution in [2.45, 2.75) is 45.4 Å². The van der Waals surface area contributed by atoms with E-state index in [9.17, 15) is 4.79 Å². The van der Waals surface area contributed by atoms with Crippen LogP contribution in [-0.2, 0) is 11.2 Å². The molecular formula is C15H21NO. The van der Waals surface area contributed by atoms with Crippen molar-refractivity contribution >= 4 is 11.6 Å². The topological polar surface area (TPSA) is 29.1 Å². The summed E-state index contributed by atoms with van der Waals surface area (Å²) >= 11 is 0. The summed E-state index contributed by atoms with van der Waals surface area (Å²) in [4.78, 5) is 11.1. The molecule has 1 aliphatic carbocycles. The van der Waals surface area contributed by atoms with Crippen LogP contribution in [0, 0.1) is 5.92 Å². The predicted octanol–water partition coefficient (Wildman–Crippen LogP) is 3.77. The molecule has 1 aromatic carbocycles. The van der Waals surface area contributed by atoms with Crippen molar-refractivity contribution in [3.8, 4) is 0 Å². The highest BCUT2D eigenvalue weighted by Crippen LogP contribution is 2.29. The predicted molar refractivity (Wildman–Crippen MR) is 71.0 cm³/mol. The Bertz CT molecular complexity index is 380. The number of benzene rings is 1. The average Bonchev–Trinajstić information content (AvgIpc) is 2.32. The largest absolute Gasteiger partial charge is 0.326 e. The van der Waals surface area contributed by atoms with Crippen molar-refractivity contribution in [2.75, 3.05) is 5.32 Å². The second-order valence-corrected chi connectivity index (χ2v) is 5.05. The first-order chi connectivity index (χ1) is 8.25. The van der Waals surface area contributed by atoms with E-state index in [0.29, 0.717) is 0 Å². The highest BCUT2D eigenvalue weighted by atomic mass is 16.1. The molecule has 0 aliphatic heterocycles. The number of nitrogens with one attached hydrogen (secondary N) is 1. The molecular weight excluding hydrogens is 210 g/mol. The molecule has 0 heterocycles. The van der Waals surface area contributed by atoms with Crippen LogP contribution in [0.25, 0.3) is 0 Å². The summed E-state index contributed by atoms with van der Waals surface area (Å²) in [7, 11) is 0. The number of rotatable bonds is 3. The highest BCUT2D eigenvalue weighted by molar-refractivity contribution is 5.89.